The molecule has 2 aromatic rings. The van der Waals surface area contributed by atoms with Crippen molar-refractivity contribution in [2.75, 3.05) is 28.2 Å². The molecule has 0 heterocycles. The molecule has 110 valence electrons. The Bertz CT molecular complexity index is 624. The van der Waals surface area contributed by atoms with Crippen molar-refractivity contribution in [1.29, 1.82) is 0 Å². The smallest absolute Gasteiger partial charge is 0.200 e. The molecule has 4 heteroatoms. The summed E-state index contributed by atoms with van der Waals surface area (Å²) in [5.41, 5.74) is 2.10. The number of nitrogens with zero attached hydrogens (tertiary/aromatic N) is 3. The number of rotatable bonds is 2. The highest BCUT2D eigenvalue weighted by Gasteiger charge is 2.12. The monoisotopic (exact) mass is 285 g/mol. The van der Waals surface area contributed by atoms with Crippen LogP contribution in [-0.2, 0) is 0 Å². The van der Waals surface area contributed by atoms with Gasteiger partial charge in [-0.25, -0.2) is 9.38 Å². The third kappa shape index (κ3) is 3.40. The van der Waals surface area contributed by atoms with Crippen molar-refractivity contribution >= 4 is 11.6 Å². The maximum atomic E-state index is 14.3. The highest BCUT2D eigenvalue weighted by Crippen LogP contribution is 2.32. The molecule has 0 atom stereocenters. The summed E-state index contributed by atoms with van der Waals surface area (Å²) in [6.07, 6.45) is 0. The van der Waals surface area contributed by atoms with Gasteiger partial charge < -0.3 is 9.80 Å². The van der Waals surface area contributed by atoms with Gasteiger partial charge in [0.1, 0.15) is 11.5 Å². The normalized spacial score (nSPS) is 10.1. The number of guanidine groups is 1. The van der Waals surface area contributed by atoms with Crippen LogP contribution in [0.25, 0.3) is 11.1 Å². The van der Waals surface area contributed by atoms with Crippen LogP contribution in [0.3, 0.4) is 0 Å². The Labute approximate surface area is 125 Å². The van der Waals surface area contributed by atoms with E-state index in [4.69, 9.17) is 0 Å². The van der Waals surface area contributed by atoms with E-state index in [9.17, 15) is 4.39 Å². The molecule has 0 bridgehead atoms. The molecule has 2 rings (SSSR count). The second-order valence-electron chi connectivity index (χ2n) is 5.20. The lowest BCUT2D eigenvalue weighted by Gasteiger charge is -2.23. The first kappa shape index (κ1) is 15.0. The lowest BCUT2D eigenvalue weighted by atomic mass is 10.0. The molecule has 21 heavy (non-hydrogen) atoms. The summed E-state index contributed by atoms with van der Waals surface area (Å²) in [5.74, 6) is 0.370. The van der Waals surface area contributed by atoms with Crippen molar-refractivity contribution in [2.24, 2.45) is 4.99 Å². The molecule has 0 saturated heterocycles. The van der Waals surface area contributed by atoms with Crippen LogP contribution in [0.4, 0.5) is 10.1 Å². The van der Waals surface area contributed by atoms with Gasteiger partial charge >= 0.3 is 0 Å². The highest BCUT2D eigenvalue weighted by molar-refractivity contribution is 5.86. The molecular weight excluding hydrogens is 265 g/mol. The van der Waals surface area contributed by atoms with E-state index in [0.29, 0.717) is 11.6 Å². The molecule has 0 N–H and O–H groups in total. The zero-order valence-corrected chi connectivity index (χ0v) is 12.8. The zero-order valence-electron chi connectivity index (χ0n) is 12.8. The second kappa shape index (κ2) is 6.39. The van der Waals surface area contributed by atoms with Crippen molar-refractivity contribution in [3.8, 4) is 11.1 Å². The van der Waals surface area contributed by atoms with Crippen LogP contribution in [0, 0.1) is 5.82 Å². The van der Waals surface area contributed by atoms with Crippen LogP contribution >= 0.6 is 0 Å². The number of hydrogen-bond acceptors (Lipinski definition) is 1. The molecule has 0 aromatic heterocycles. The van der Waals surface area contributed by atoms with E-state index in [1.165, 1.54) is 6.07 Å². The van der Waals surface area contributed by atoms with Gasteiger partial charge in [0, 0.05) is 33.8 Å². The predicted octanol–water partition coefficient (Wildman–Crippen LogP) is 3.60. The maximum Gasteiger partial charge on any atom is 0.200 e. The van der Waals surface area contributed by atoms with Gasteiger partial charge in [0.15, 0.2) is 0 Å². The van der Waals surface area contributed by atoms with Crippen LogP contribution in [0.2, 0.25) is 0 Å². The van der Waals surface area contributed by atoms with Gasteiger partial charge in [-0.1, -0.05) is 42.5 Å². The first-order chi connectivity index (χ1) is 10.0. The van der Waals surface area contributed by atoms with E-state index in [-0.39, 0.29) is 5.82 Å². The Morgan fingerprint density at radius 2 is 1.48 bits per heavy atom. The molecule has 0 fully saturated rings. The molecule has 0 aliphatic carbocycles. The molecule has 2 aromatic carbocycles. The van der Waals surface area contributed by atoms with E-state index in [0.717, 1.165) is 11.1 Å². The SMILES string of the molecule is CN(C)C(=Nc1c(F)cccc1-c1ccccc1)N(C)C. The van der Waals surface area contributed by atoms with Crippen molar-refractivity contribution in [3.63, 3.8) is 0 Å². The second-order valence-corrected chi connectivity index (χ2v) is 5.20. The minimum absolute atomic E-state index is 0.322. The maximum absolute atomic E-state index is 14.3. The topological polar surface area (TPSA) is 18.8 Å². The summed E-state index contributed by atoms with van der Waals surface area (Å²) in [4.78, 5) is 8.25. The van der Waals surface area contributed by atoms with E-state index < -0.39 is 0 Å². The van der Waals surface area contributed by atoms with E-state index >= 15 is 0 Å². The number of halogens is 1. The number of benzene rings is 2. The van der Waals surface area contributed by atoms with Crippen molar-refractivity contribution in [2.45, 2.75) is 0 Å². The van der Waals surface area contributed by atoms with E-state index in [1.54, 1.807) is 6.07 Å². The van der Waals surface area contributed by atoms with E-state index in [2.05, 4.69) is 4.99 Å². The van der Waals surface area contributed by atoms with Gasteiger partial charge in [-0.3, -0.25) is 0 Å². The standard InChI is InChI=1S/C17H20FN3/c1-20(2)17(21(3)4)19-16-14(11-8-12-15(16)18)13-9-6-5-7-10-13/h5-12H,1-4H3. The van der Waals surface area contributed by atoms with Gasteiger partial charge in [-0.15, -0.1) is 0 Å². The Hall–Kier alpha value is -2.36. The molecule has 0 radical (unpaired) electrons. The summed E-state index contributed by atoms with van der Waals surface area (Å²) >= 11 is 0. The molecule has 3 nitrogen and oxygen atoms in total. The summed E-state index contributed by atoms with van der Waals surface area (Å²) < 4.78 is 14.3. The van der Waals surface area contributed by atoms with Crippen molar-refractivity contribution in [3.05, 3.63) is 54.3 Å². The number of aliphatic imine (C=N–C) groups is 1. The summed E-state index contributed by atoms with van der Waals surface area (Å²) in [6, 6.07) is 14.8. The average molecular weight is 285 g/mol. The summed E-state index contributed by atoms with van der Waals surface area (Å²) in [7, 11) is 7.56. The fraction of sp³-hybridized carbons (Fsp3) is 0.235. The molecule has 0 unspecified atom stereocenters. The first-order valence-corrected chi connectivity index (χ1v) is 6.78. The molecule has 0 aliphatic heterocycles. The third-order valence-electron chi connectivity index (χ3n) is 3.08. The fourth-order valence-corrected chi connectivity index (χ4v) is 2.18. The Morgan fingerprint density at radius 1 is 0.857 bits per heavy atom. The van der Waals surface area contributed by atoms with Crippen LogP contribution in [-0.4, -0.2) is 44.0 Å². The van der Waals surface area contributed by atoms with Crippen molar-refractivity contribution < 1.29 is 4.39 Å². The van der Waals surface area contributed by atoms with Crippen LogP contribution < -0.4 is 0 Å². The lowest BCUT2D eigenvalue weighted by molar-refractivity contribution is 0.483. The van der Waals surface area contributed by atoms with Crippen LogP contribution in [0.5, 0.6) is 0 Å². The lowest BCUT2D eigenvalue weighted by Crippen LogP contribution is -2.35. The quantitative estimate of drug-likeness (QED) is 0.620. The molecule has 0 amide bonds. The van der Waals surface area contributed by atoms with Crippen LogP contribution in [0.1, 0.15) is 0 Å². The summed E-state index contributed by atoms with van der Waals surface area (Å²) in [5, 5.41) is 0. The molecule has 0 saturated carbocycles. The van der Waals surface area contributed by atoms with Gasteiger partial charge in [0.2, 0.25) is 5.96 Å². The van der Waals surface area contributed by atoms with Gasteiger partial charge in [0.05, 0.1) is 0 Å². The van der Waals surface area contributed by atoms with Gasteiger partial charge in [-0.05, 0) is 11.6 Å². The fourth-order valence-electron chi connectivity index (χ4n) is 2.18. The highest BCUT2D eigenvalue weighted by atomic mass is 19.1. The predicted molar refractivity (Wildman–Crippen MR) is 86.3 cm³/mol. The number of para-hydroxylation sites is 1. The van der Waals surface area contributed by atoms with Crippen molar-refractivity contribution in [1.82, 2.24) is 9.80 Å². The molecule has 0 spiro atoms. The first-order valence-electron chi connectivity index (χ1n) is 6.78. The Balaban J connectivity index is 2.61. The molecule has 0 aliphatic rings. The average Bonchev–Trinajstić information content (AvgIpc) is 2.46. The largest absolute Gasteiger partial charge is 0.349 e. The molecular formula is C17H20FN3. The Kier molecular flexibility index (Phi) is 4.58. The third-order valence-corrected chi connectivity index (χ3v) is 3.08. The zero-order chi connectivity index (χ0) is 15.4. The minimum atomic E-state index is -0.322. The van der Waals surface area contributed by atoms with Gasteiger partial charge in [-0.2, -0.15) is 0 Å². The minimum Gasteiger partial charge on any atom is -0.349 e. The Morgan fingerprint density at radius 3 is 2.05 bits per heavy atom. The van der Waals surface area contributed by atoms with Gasteiger partial charge in [0.25, 0.3) is 0 Å². The summed E-state index contributed by atoms with van der Waals surface area (Å²) in [6.45, 7) is 0. The number of hydrogen-bond donors (Lipinski definition) is 0. The van der Waals surface area contributed by atoms with E-state index in [1.807, 2.05) is 74.4 Å². The van der Waals surface area contributed by atoms with Crippen LogP contribution in [0.15, 0.2) is 53.5 Å².